The van der Waals surface area contributed by atoms with E-state index in [9.17, 15) is 0 Å². The molecule has 2 aromatic carbocycles. The number of hydrogen-bond donors (Lipinski definition) is 2. The summed E-state index contributed by atoms with van der Waals surface area (Å²) in [5, 5.41) is 8.22. The zero-order valence-electron chi connectivity index (χ0n) is 16.0. The number of fused-ring (bicyclic) bond motifs is 1. The average molecular weight is 383 g/mol. The molecule has 0 saturated heterocycles. The number of rotatable bonds is 3. The maximum atomic E-state index is 6.14. The van der Waals surface area contributed by atoms with Gasteiger partial charge in [0.15, 0.2) is 0 Å². The van der Waals surface area contributed by atoms with E-state index < -0.39 is 0 Å². The van der Waals surface area contributed by atoms with Gasteiger partial charge in [0.1, 0.15) is 5.84 Å². The molecule has 1 fully saturated rings. The Morgan fingerprint density at radius 2 is 1.81 bits per heavy atom. The van der Waals surface area contributed by atoms with E-state index in [4.69, 9.17) is 16.6 Å². The van der Waals surface area contributed by atoms with Crippen LogP contribution in [-0.4, -0.2) is 36.4 Å². The van der Waals surface area contributed by atoms with Gasteiger partial charge in [-0.05, 0) is 69.6 Å². The molecule has 1 heterocycles. The lowest BCUT2D eigenvalue weighted by atomic mass is 9.76. The van der Waals surface area contributed by atoms with Crippen molar-refractivity contribution in [3.05, 3.63) is 59.1 Å². The molecule has 0 aromatic heterocycles. The van der Waals surface area contributed by atoms with Crippen LogP contribution in [0.4, 0.5) is 11.4 Å². The van der Waals surface area contributed by atoms with Crippen LogP contribution in [0.15, 0.2) is 53.5 Å². The summed E-state index contributed by atoms with van der Waals surface area (Å²) in [6.45, 7) is 0.631. The first-order chi connectivity index (χ1) is 13.1. The van der Waals surface area contributed by atoms with E-state index in [1.807, 2.05) is 18.2 Å². The van der Waals surface area contributed by atoms with Gasteiger partial charge in [-0.1, -0.05) is 35.9 Å². The van der Waals surface area contributed by atoms with Crippen molar-refractivity contribution in [1.82, 2.24) is 4.90 Å². The van der Waals surface area contributed by atoms with Crippen LogP contribution in [0.5, 0.6) is 0 Å². The number of hydrogen-bond acceptors (Lipinski definition) is 3. The zero-order valence-corrected chi connectivity index (χ0v) is 16.8. The van der Waals surface area contributed by atoms with Crippen molar-refractivity contribution in [1.29, 1.82) is 0 Å². The van der Waals surface area contributed by atoms with Crippen LogP contribution in [0.25, 0.3) is 0 Å². The first-order valence-corrected chi connectivity index (χ1v) is 10.0. The second-order valence-corrected chi connectivity index (χ2v) is 8.30. The maximum Gasteiger partial charge on any atom is 0.127 e. The van der Waals surface area contributed by atoms with Crippen molar-refractivity contribution in [3.63, 3.8) is 0 Å². The van der Waals surface area contributed by atoms with Gasteiger partial charge in [0.05, 0.1) is 23.5 Å². The summed E-state index contributed by atoms with van der Waals surface area (Å²) in [6.07, 6.45) is 4.48. The number of nitrogens with zero attached hydrogens (tertiary/aromatic N) is 2. The van der Waals surface area contributed by atoms with Crippen LogP contribution >= 0.6 is 11.6 Å². The summed E-state index contributed by atoms with van der Waals surface area (Å²) in [7, 11) is 4.36. The minimum absolute atomic E-state index is 0.112. The van der Waals surface area contributed by atoms with Crippen molar-refractivity contribution < 1.29 is 0 Å². The minimum Gasteiger partial charge on any atom is -0.371 e. The van der Waals surface area contributed by atoms with E-state index in [1.54, 1.807) is 0 Å². The van der Waals surface area contributed by atoms with Crippen molar-refractivity contribution in [2.75, 3.05) is 24.7 Å². The summed E-state index contributed by atoms with van der Waals surface area (Å²) >= 11 is 6.14. The summed E-state index contributed by atoms with van der Waals surface area (Å²) in [5.41, 5.74) is 3.29. The molecule has 1 saturated carbocycles. The molecule has 0 amide bonds. The standard InChI is InChI=1S/C22H27ClN4/c1-27(2)18-10-12-22(13-11-18)21(24-15-16-6-5-7-17(23)14-16)25-19-8-3-4-9-20(19)26-22/h3-9,14,18,26H,10-13,15H2,1-2H3,(H,24,25). The Hall–Kier alpha value is -2.04. The summed E-state index contributed by atoms with van der Waals surface area (Å²) in [4.78, 5) is 7.36. The van der Waals surface area contributed by atoms with Crippen LogP contribution in [-0.2, 0) is 6.54 Å². The highest BCUT2D eigenvalue weighted by molar-refractivity contribution is 6.30. The number of benzene rings is 2. The van der Waals surface area contributed by atoms with Crippen molar-refractivity contribution >= 4 is 28.8 Å². The molecular weight excluding hydrogens is 356 g/mol. The lowest BCUT2D eigenvalue weighted by molar-refractivity contribution is 0.207. The maximum absolute atomic E-state index is 6.14. The molecule has 142 valence electrons. The predicted octanol–water partition coefficient (Wildman–Crippen LogP) is 5.02. The average Bonchev–Trinajstić information content (AvgIpc) is 2.67. The highest BCUT2D eigenvalue weighted by Crippen LogP contribution is 2.40. The molecule has 0 bridgehead atoms. The Bertz CT molecular complexity index is 838. The Balaban J connectivity index is 1.63. The largest absolute Gasteiger partial charge is 0.371 e. The van der Waals surface area contributed by atoms with E-state index in [0.29, 0.717) is 12.6 Å². The second kappa shape index (κ2) is 7.53. The Morgan fingerprint density at radius 1 is 1.07 bits per heavy atom. The third-order valence-corrected chi connectivity index (χ3v) is 6.09. The fourth-order valence-electron chi connectivity index (χ4n) is 4.24. The van der Waals surface area contributed by atoms with Crippen molar-refractivity contribution in [2.45, 2.75) is 43.8 Å². The molecule has 2 aromatic rings. The third kappa shape index (κ3) is 3.83. The number of halogens is 1. The highest BCUT2D eigenvalue weighted by atomic mass is 35.5. The molecular formula is C22H27ClN4. The zero-order chi connectivity index (χ0) is 18.9. The fraction of sp³-hybridized carbons (Fsp3) is 0.409. The van der Waals surface area contributed by atoms with Gasteiger partial charge in [0.25, 0.3) is 0 Å². The Kier molecular flexibility index (Phi) is 5.11. The topological polar surface area (TPSA) is 39.7 Å². The molecule has 2 N–H and O–H groups in total. The molecule has 27 heavy (non-hydrogen) atoms. The van der Waals surface area contributed by atoms with E-state index in [2.05, 4.69) is 60.0 Å². The minimum atomic E-state index is -0.112. The first-order valence-electron chi connectivity index (χ1n) is 9.66. The van der Waals surface area contributed by atoms with Crippen LogP contribution in [0.3, 0.4) is 0 Å². The molecule has 1 aliphatic carbocycles. The van der Waals surface area contributed by atoms with Crippen LogP contribution in [0.2, 0.25) is 5.02 Å². The summed E-state index contributed by atoms with van der Waals surface area (Å²) < 4.78 is 0. The normalized spacial score (nSPS) is 25.9. The van der Waals surface area contributed by atoms with E-state index in [0.717, 1.165) is 35.0 Å². The third-order valence-electron chi connectivity index (χ3n) is 5.86. The molecule has 1 spiro atoms. The van der Waals surface area contributed by atoms with Gasteiger partial charge in [-0.15, -0.1) is 0 Å². The van der Waals surface area contributed by atoms with Crippen molar-refractivity contribution in [3.8, 4) is 0 Å². The van der Waals surface area contributed by atoms with Gasteiger partial charge in [-0.2, -0.15) is 0 Å². The first kappa shape index (κ1) is 18.3. The summed E-state index contributed by atoms with van der Waals surface area (Å²) in [6, 6.07) is 17.0. The number of nitrogens with one attached hydrogen (secondary N) is 2. The quantitative estimate of drug-likeness (QED) is 0.783. The molecule has 0 atom stereocenters. The predicted molar refractivity (Wildman–Crippen MR) is 115 cm³/mol. The smallest absolute Gasteiger partial charge is 0.127 e. The monoisotopic (exact) mass is 382 g/mol. The van der Waals surface area contributed by atoms with Gasteiger partial charge in [-0.25, -0.2) is 0 Å². The highest BCUT2D eigenvalue weighted by Gasteiger charge is 2.43. The molecule has 1 aliphatic heterocycles. The summed E-state index contributed by atoms with van der Waals surface area (Å²) in [5.74, 6) is 1.05. The van der Waals surface area contributed by atoms with Gasteiger partial charge in [-0.3, -0.25) is 4.99 Å². The van der Waals surface area contributed by atoms with Gasteiger partial charge >= 0.3 is 0 Å². The van der Waals surface area contributed by atoms with Crippen LogP contribution in [0.1, 0.15) is 31.2 Å². The van der Waals surface area contributed by atoms with Gasteiger partial charge in [0.2, 0.25) is 0 Å². The van der Waals surface area contributed by atoms with E-state index in [-0.39, 0.29) is 5.54 Å². The molecule has 4 rings (SSSR count). The Labute approximate surface area is 166 Å². The molecule has 0 radical (unpaired) electrons. The van der Waals surface area contributed by atoms with E-state index in [1.165, 1.54) is 18.5 Å². The number of amidine groups is 1. The number of para-hydroxylation sites is 2. The molecule has 0 unspecified atom stereocenters. The molecule has 2 aliphatic rings. The lowest BCUT2D eigenvalue weighted by Crippen LogP contribution is -2.56. The SMILES string of the molecule is CN(C)C1CCC2(CC1)Nc1ccccc1NC2=NCc1cccc(Cl)c1. The number of aliphatic imine (C=N–C) groups is 1. The molecule has 5 heteroatoms. The van der Waals surface area contributed by atoms with Gasteiger partial charge in [0, 0.05) is 11.1 Å². The molecule has 4 nitrogen and oxygen atoms in total. The van der Waals surface area contributed by atoms with Gasteiger partial charge < -0.3 is 15.5 Å². The fourth-order valence-corrected chi connectivity index (χ4v) is 4.45. The number of anilines is 2. The van der Waals surface area contributed by atoms with E-state index >= 15 is 0 Å². The van der Waals surface area contributed by atoms with Crippen LogP contribution < -0.4 is 10.6 Å². The lowest BCUT2D eigenvalue weighted by Gasteiger charge is -2.46. The Morgan fingerprint density at radius 3 is 2.52 bits per heavy atom. The second-order valence-electron chi connectivity index (χ2n) is 7.87. The van der Waals surface area contributed by atoms with Crippen LogP contribution in [0, 0.1) is 0 Å². The van der Waals surface area contributed by atoms with Crippen molar-refractivity contribution in [2.24, 2.45) is 4.99 Å².